The SMILES string of the molecule is COC(=O)C1=Cc2ccccc2N(C(C)=O)C1C(=O)OC. The summed E-state index contributed by atoms with van der Waals surface area (Å²) in [5.74, 6) is -1.74. The molecule has 6 nitrogen and oxygen atoms in total. The second-order valence-corrected chi connectivity index (χ2v) is 4.46. The van der Waals surface area contributed by atoms with Crippen LogP contribution < -0.4 is 4.90 Å². The van der Waals surface area contributed by atoms with Crippen molar-refractivity contribution in [1.82, 2.24) is 0 Å². The van der Waals surface area contributed by atoms with Crippen LogP contribution in [-0.4, -0.2) is 38.1 Å². The van der Waals surface area contributed by atoms with Gasteiger partial charge in [0.15, 0.2) is 6.04 Å². The summed E-state index contributed by atoms with van der Waals surface area (Å²) in [6, 6.07) is 5.84. The van der Waals surface area contributed by atoms with Crippen molar-refractivity contribution in [2.45, 2.75) is 13.0 Å². The predicted molar refractivity (Wildman–Crippen MR) is 75.4 cm³/mol. The maximum atomic E-state index is 12.1. The fourth-order valence-electron chi connectivity index (χ4n) is 2.34. The fourth-order valence-corrected chi connectivity index (χ4v) is 2.34. The summed E-state index contributed by atoms with van der Waals surface area (Å²) in [7, 11) is 2.42. The van der Waals surface area contributed by atoms with E-state index in [9.17, 15) is 14.4 Å². The van der Waals surface area contributed by atoms with Crippen LogP contribution in [0.3, 0.4) is 0 Å². The molecule has 0 saturated carbocycles. The second-order valence-electron chi connectivity index (χ2n) is 4.46. The van der Waals surface area contributed by atoms with E-state index in [1.165, 1.54) is 26.0 Å². The molecule has 0 radical (unpaired) electrons. The molecular weight excluding hydrogens is 274 g/mol. The second kappa shape index (κ2) is 5.78. The molecule has 110 valence electrons. The summed E-state index contributed by atoms with van der Waals surface area (Å²) in [5, 5.41) is 0. The van der Waals surface area contributed by atoms with Gasteiger partial charge in [0.05, 0.1) is 25.5 Å². The smallest absolute Gasteiger partial charge is 0.336 e. The van der Waals surface area contributed by atoms with Gasteiger partial charge in [0, 0.05) is 6.92 Å². The third-order valence-corrected chi connectivity index (χ3v) is 3.24. The van der Waals surface area contributed by atoms with E-state index in [-0.39, 0.29) is 11.5 Å². The normalized spacial score (nSPS) is 16.6. The minimum absolute atomic E-state index is 0.0678. The van der Waals surface area contributed by atoms with E-state index in [1.54, 1.807) is 30.3 Å². The lowest BCUT2D eigenvalue weighted by molar-refractivity contribution is -0.145. The van der Waals surface area contributed by atoms with Crippen molar-refractivity contribution in [3.8, 4) is 0 Å². The zero-order valence-corrected chi connectivity index (χ0v) is 12.0. The number of amides is 1. The molecule has 1 aromatic rings. The van der Waals surface area contributed by atoms with Crippen LogP contribution in [0.25, 0.3) is 6.08 Å². The summed E-state index contributed by atoms with van der Waals surface area (Å²) < 4.78 is 9.43. The molecule has 0 aliphatic carbocycles. The highest BCUT2D eigenvalue weighted by atomic mass is 16.5. The molecule has 1 atom stereocenters. The number of fused-ring (bicyclic) bond motifs is 1. The number of hydrogen-bond acceptors (Lipinski definition) is 5. The molecule has 1 aliphatic rings. The van der Waals surface area contributed by atoms with Gasteiger partial charge >= 0.3 is 11.9 Å². The zero-order chi connectivity index (χ0) is 15.6. The quantitative estimate of drug-likeness (QED) is 0.764. The number of carbonyl (C=O) groups is 3. The minimum atomic E-state index is -1.14. The lowest BCUT2D eigenvalue weighted by Crippen LogP contribution is -2.49. The monoisotopic (exact) mass is 289 g/mol. The number of esters is 2. The van der Waals surface area contributed by atoms with E-state index in [4.69, 9.17) is 9.47 Å². The average molecular weight is 289 g/mol. The Morgan fingerprint density at radius 1 is 1.10 bits per heavy atom. The maximum absolute atomic E-state index is 12.1. The standard InChI is InChI=1S/C15H15NO5/c1-9(17)16-12-7-5-4-6-10(12)8-11(14(18)20-2)13(16)15(19)21-3/h4-8,13H,1-3H3. The zero-order valence-electron chi connectivity index (χ0n) is 12.0. The van der Waals surface area contributed by atoms with E-state index < -0.39 is 18.0 Å². The van der Waals surface area contributed by atoms with Crippen LogP contribution in [0.4, 0.5) is 5.69 Å². The number of ether oxygens (including phenoxy) is 2. The van der Waals surface area contributed by atoms with Gasteiger partial charge < -0.3 is 9.47 Å². The van der Waals surface area contributed by atoms with Gasteiger partial charge in [0.2, 0.25) is 5.91 Å². The Balaban J connectivity index is 2.67. The first-order valence-electron chi connectivity index (χ1n) is 6.27. The van der Waals surface area contributed by atoms with Crippen molar-refractivity contribution in [3.63, 3.8) is 0 Å². The van der Waals surface area contributed by atoms with Crippen LogP contribution in [0.1, 0.15) is 12.5 Å². The van der Waals surface area contributed by atoms with Crippen LogP contribution in [0.15, 0.2) is 29.8 Å². The van der Waals surface area contributed by atoms with Crippen molar-refractivity contribution >= 4 is 29.6 Å². The number of hydrogen-bond donors (Lipinski definition) is 0. The number of rotatable bonds is 2. The Kier molecular flexibility index (Phi) is 4.07. The molecule has 0 aromatic heterocycles. The Bertz CT molecular complexity index is 635. The van der Waals surface area contributed by atoms with E-state index in [0.717, 1.165) is 0 Å². The first kappa shape index (κ1) is 14.8. The Morgan fingerprint density at radius 3 is 2.33 bits per heavy atom. The first-order valence-corrected chi connectivity index (χ1v) is 6.27. The van der Waals surface area contributed by atoms with E-state index in [0.29, 0.717) is 11.3 Å². The summed E-state index contributed by atoms with van der Waals surface area (Å²) in [6.45, 7) is 1.33. The topological polar surface area (TPSA) is 72.9 Å². The molecule has 0 spiro atoms. The van der Waals surface area contributed by atoms with Crippen molar-refractivity contribution in [2.24, 2.45) is 0 Å². The molecule has 1 amide bonds. The van der Waals surface area contributed by atoms with E-state index >= 15 is 0 Å². The third kappa shape index (κ3) is 2.52. The molecule has 1 aliphatic heterocycles. The number of anilines is 1. The molecule has 1 heterocycles. The Labute approximate surface area is 121 Å². The van der Waals surface area contributed by atoms with Crippen LogP contribution >= 0.6 is 0 Å². The van der Waals surface area contributed by atoms with Crippen molar-refractivity contribution < 1.29 is 23.9 Å². The minimum Gasteiger partial charge on any atom is -0.467 e. The molecule has 1 aromatic carbocycles. The van der Waals surface area contributed by atoms with E-state index in [2.05, 4.69) is 0 Å². The number of para-hydroxylation sites is 1. The predicted octanol–water partition coefficient (Wildman–Crippen LogP) is 1.15. The lowest BCUT2D eigenvalue weighted by Gasteiger charge is -2.34. The van der Waals surface area contributed by atoms with Gasteiger partial charge in [-0.2, -0.15) is 0 Å². The van der Waals surface area contributed by atoms with Crippen molar-refractivity contribution in [2.75, 3.05) is 19.1 Å². The molecular formula is C15H15NO5. The highest BCUT2D eigenvalue weighted by Crippen LogP contribution is 2.33. The highest BCUT2D eigenvalue weighted by molar-refractivity contribution is 6.11. The number of nitrogens with zero attached hydrogens (tertiary/aromatic N) is 1. The molecule has 0 N–H and O–H groups in total. The van der Waals surface area contributed by atoms with Gasteiger partial charge in [-0.05, 0) is 17.7 Å². The fraction of sp³-hybridized carbons (Fsp3) is 0.267. The van der Waals surface area contributed by atoms with Crippen LogP contribution in [0.5, 0.6) is 0 Å². The van der Waals surface area contributed by atoms with Gasteiger partial charge in [-0.1, -0.05) is 18.2 Å². The maximum Gasteiger partial charge on any atom is 0.336 e. The summed E-state index contributed by atoms with van der Waals surface area (Å²) in [5.41, 5.74) is 1.28. The van der Waals surface area contributed by atoms with Crippen LogP contribution in [-0.2, 0) is 23.9 Å². The molecule has 6 heteroatoms. The molecule has 1 unspecified atom stereocenters. The first-order chi connectivity index (χ1) is 10.0. The average Bonchev–Trinajstić information content (AvgIpc) is 2.51. The van der Waals surface area contributed by atoms with Crippen LogP contribution in [0.2, 0.25) is 0 Å². The van der Waals surface area contributed by atoms with Gasteiger partial charge in [0.1, 0.15) is 0 Å². The molecule has 0 bridgehead atoms. The number of benzene rings is 1. The van der Waals surface area contributed by atoms with Gasteiger partial charge in [-0.3, -0.25) is 9.69 Å². The summed E-state index contributed by atoms with van der Waals surface area (Å²) in [6.07, 6.45) is 1.54. The molecule has 0 saturated heterocycles. The number of carbonyl (C=O) groups excluding carboxylic acids is 3. The van der Waals surface area contributed by atoms with Crippen LogP contribution in [0, 0.1) is 0 Å². The van der Waals surface area contributed by atoms with Gasteiger partial charge in [-0.15, -0.1) is 0 Å². The molecule has 2 rings (SSSR count). The molecule has 0 fully saturated rings. The lowest BCUT2D eigenvalue weighted by atomic mass is 9.95. The van der Waals surface area contributed by atoms with Gasteiger partial charge in [0.25, 0.3) is 0 Å². The van der Waals surface area contributed by atoms with Crippen molar-refractivity contribution in [3.05, 3.63) is 35.4 Å². The molecule has 21 heavy (non-hydrogen) atoms. The Morgan fingerprint density at radius 2 is 1.76 bits per heavy atom. The Hall–Kier alpha value is -2.63. The largest absolute Gasteiger partial charge is 0.467 e. The van der Waals surface area contributed by atoms with E-state index in [1.807, 2.05) is 0 Å². The van der Waals surface area contributed by atoms with Gasteiger partial charge in [-0.25, -0.2) is 9.59 Å². The summed E-state index contributed by atoms with van der Waals surface area (Å²) in [4.78, 5) is 37.2. The third-order valence-electron chi connectivity index (χ3n) is 3.24. The summed E-state index contributed by atoms with van der Waals surface area (Å²) >= 11 is 0. The number of methoxy groups -OCH3 is 2. The van der Waals surface area contributed by atoms with Crippen molar-refractivity contribution in [1.29, 1.82) is 0 Å². The highest BCUT2D eigenvalue weighted by Gasteiger charge is 2.40.